The van der Waals surface area contributed by atoms with Crippen LogP contribution in [0.2, 0.25) is 0 Å². The van der Waals surface area contributed by atoms with Crippen LogP contribution in [0.25, 0.3) is 0 Å². The second-order valence-electron chi connectivity index (χ2n) is 3.77. The van der Waals surface area contributed by atoms with Gasteiger partial charge in [-0.2, -0.15) is 0 Å². The number of carbonyl (C=O) groups is 2. The molecule has 1 rings (SSSR count). The molecule has 1 aromatic heterocycles. The first-order valence-corrected chi connectivity index (χ1v) is 5.35. The molecule has 0 bridgehead atoms. The van der Waals surface area contributed by atoms with Gasteiger partial charge in [-0.25, -0.2) is 4.98 Å². The van der Waals surface area contributed by atoms with Crippen molar-refractivity contribution < 1.29 is 19.4 Å². The average molecular weight is 253 g/mol. The first-order chi connectivity index (χ1) is 8.43. The molecule has 0 aliphatic carbocycles. The fourth-order valence-electron chi connectivity index (χ4n) is 1.14. The Labute approximate surface area is 104 Å². The number of pyridine rings is 1. The molecule has 0 atom stereocenters. The number of amides is 2. The van der Waals surface area contributed by atoms with Crippen LogP contribution in [0.5, 0.6) is 11.6 Å². The highest BCUT2D eigenvalue weighted by Gasteiger charge is 2.16. The van der Waals surface area contributed by atoms with Crippen LogP contribution in [0.1, 0.15) is 24.3 Å². The minimum Gasteiger partial charge on any atom is -0.505 e. The third-order valence-electron chi connectivity index (χ3n) is 1.86. The topological polar surface area (TPSA) is 115 Å². The maximum absolute atomic E-state index is 11.6. The highest BCUT2D eigenvalue weighted by molar-refractivity contribution is 6.05. The molecule has 1 aromatic rings. The van der Waals surface area contributed by atoms with Crippen LogP contribution in [0, 0.1) is 0 Å². The average Bonchev–Trinajstić information content (AvgIpc) is 2.30. The number of nitrogens with zero attached hydrogens (tertiary/aromatic N) is 1. The molecule has 98 valence electrons. The van der Waals surface area contributed by atoms with Gasteiger partial charge in [0.15, 0.2) is 5.69 Å². The molecule has 0 aliphatic heterocycles. The predicted molar refractivity (Wildman–Crippen MR) is 63.2 cm³/mol. The van der Waals surface area contributed by atoms with E-state index >= 15 is 0 Å². The van der Waals surface area contributed by atoms with Crippen LogP contribution >= 0.6 is 0 Å². The zero-order chi connectivity index (χ0) is 13.7. The Kier molecular flexibility index (Phi) is 4.61. The molecule has 4 N–H and O–H groups in total. The number of nitrogens with two attached hydrogens (primary N) is 1. The third-order valence-corrected chi connectivity index (χ3v) is 1.86. The molecule has 0 saturated heterocycles. The van der Waals surface area contributed by atoms with Gasteiger partial charge in [-0.05, 0) is 19.9 Å². The Hall–Kier alpha value is -2.15. The third kappa shape index (κ3) is 3.70. The van der Waals surface area contributed by atoms with Crippen molar-refractivity contribution in [1.29, 1.82) is 0 Å². The van der Waals surface area contributed by atoms with E-state index in [1.165, 1.54) is 12.1 Å². The monoisotopic (exact) mass is 253 g/mol. The highest BCUT2D eigenvalue weighted by Crippen LogP contribution is 2.19. The summed E-state index contributed by atoms with van der Waals surface area (Å²) in [6, 6.07) is 2.70. The second kappa shape index (κ2) is 5.97. The van der Waals surface area contributed by atoms with E-state index in [0.717, 1.165) is 0 Å². The van der Waals surface area contributed by atoms with Crippen molar-refractivity contribution in [2.24, 2.45) is 5.73 Å². The van der Waals surface area contributed by atoms with Gasteiger partial charge >= 0.3 is 0 Å². The number of carbonyl (C=O) groups excluding carboxylic acids is 2. The van der Waals surface area contributed by atoms with Crippen LogP contribution in [0.3, 0.4) is 0 Å². The van der Waals surface area contributed by atoms with Crippen LogP contribution in [0.15, 0.2) is 12.1 Å². The molecule has 0 aliphatic rings. The van der Waals surface area contributed by atoms with Gasteiger partial charge in [-0.3, -0.25) is 14.9 Å². The summed E-state index contributed by atoms with van der Waals surface area (Å²) >= 11 is 0. The molecule has 0 fully saturated rings. The van der Waals surface area contributed by atoms with Gasteiger partial charge in [0.25, 0.3) is 5.91 Å². The Morgan fingerprint density at radius 3 is 2.72 bits per heavy atom. The van der Waals surface area contributed by atoms with Gasteiger partial charge in [0.2, 0.25) is 11.8 Å². The molecule has 0 spiro atoms. The summed E-state index contributed by atoms with van der Waals surface area (Å²) in [5.41, 5.74) is 4.78. The molecule has 1 heterocycles. The lowest BCUT2D eigenvalue weighted by Gasteiger charge is -2.10. The number of hydrogen-bond acceptors (Lipinski definition) is 6. The summed E-state index contributed by atoms with van der Waals surface area (Å²) in [4.78, 5) is 26.4. The standard InChI is InChI=1S/C11H15N3O4/c1-6(2)18-9-4-3-7(15)10(14-9)11(17)13-8(16)5-12/h3-4,6,15H,5,12H2,1-2H3,(H,13,16,17). The van der Waals surface area contributed by atoms with E-state index in [0.29, 0.717) is 0 Å². The quantitative estimate of drug-likeness (QED) is 0.684. The van der Waals surface area contributed by atoms with E-state index in [2.05, 4.69) is 4.98 Å². The van der Waals surface area contributed by atoms with Gasteiger partial charge in [0.05, 0.1) is 12.6 Å². The maximum Gasteiger partial charge on any atom is 0.280 e. The molecule has 0 aromatic carbocycles. The molecule has 0 saturated carbocycles. The van der Waals surface area contributed by atoms with Gasteiger partial charge in [0.1, 0.15) is 5.75 Å². The van der Waals surface area contributed by atoms with E-state index in [9.17, 15) is 14.7 Å². The van der Waals surface area contributed by atoms with E-state index < -0.39 is 11.8 Å². The van der Waals surface area contributed by atoms with Gasteiger partial charge in [-0.1, -0.05) is 0 Å². The van der Waals surface area contributed by atoms with Crippen molar-refractivity contribution in [2.45, 2.75) is 20.0 Å². The number of rotatable bonds is 4. The Morgan fingerprint density at radius 1 is 1.50 bits per heavy atom. The van der Waals surface area contributed by atoms with E-state index in [4.69, 9.17) is 10.5 Å². The summed E-state index contributed by atoms with van der Waals surface area (Å²) in [5, 5.41) is 11.5. The molecule has 18 heavy (non-hydrogen) atoms. The number of hydrogen-bond donors (Lipinski definition) is 3. The Morgan fingerprint density at radius 2 is 2.17 bits per heavy atom. The summed E-state index contributed by atoms with van der Waals surface area (Å²) in [7, 11) is 0. The minimum absolute atomic E-state index is 0.122. The molecule has 7 nitrogen and oxygen atoms in total. The highest BCUT2D eigenvalue weighted by atomic mass is 16.5. The molecule has 7 heteroatoms. The fourth-order valence-corrected chi connectivity index (χ4v) is 1.14. The fraction of sp³-hybridized carbons (Fsp3) is 0.364. The number of aromatic hydroxyl groups is 1. The van der Waals surface area contributed by atoms with E-state index in [-0.39, 0.29) is 30.0 Å². The largest absolute Gasteiger partial charge is 0.505 e. The van der Waals surface area contributed by atoms with E-state index in [1.807, 2.05) is 5.32 Å². The van der Waals surface area contributed by atoms with Crippen LogP contribution in [-0.2, 0) is 4.79 Å². The van der Waals surface area contributed by atoms with E-state index in [1.54, 1.807) is 13.8 Å². The van der Waals surface area contributed by atoms with Crippen molar-refractivity contribution in [2.75, 3.05) is 6.54 Å². The molecule has 0 unspecified atom stereocenters. The van der Waals surface area contributed by atoms with Crippen molar-refractivity contribution in [3.05, 3.63) is 17.8 Å². The van der Waals surface area contributed by atoms with Crippen molar-refractivity contribution in [3.63, 3.8) is 0 Å². The molecule has 0 radical (unpaired) electrons. The first kappa shape index (κ1) is 13.9. The maximum atomic E-state index is 11.6. The van der Waals surface area contributed by atoms with Crippen LogP contribution < -0.4 is 15.8 Å². The first-order valence-electron chi connectivity index (χ1n) is 5.35. The van der Waals surface area contributed by atoms with Crippen molar-refractivity contribution >= 4 is 11.8 Å². The lowest BCUT2D eigenvalue weighted by Crippen LogP contribution is -2.35. The summed E-state index contributed by atoms with van der Waals surface area (Å²) in [6.07, 6.45) is -0.122. The normalized spacial score (nSPS) is 10.2. The summed E-state index contributed by atoms with van der Waals surface area (Å²) in [6.45, 7) is 3.27. The van der Waals surface area contributed by atoms with Gasteiger partial charge in [-0.15, -0.1) is 0 Å². The second-order valence-corrected chi connectivity index (χ2v) is 3.77. The minimum atomic E-state index is -0.822. The van der Waals surface area contributed by atoms with Crippen molar-refractivity contribution in [3.8, 4) is 11.6 Å². The lowest BCUT2D eigenvalue weighted by atomic mass is 10.3. The zero-order valence-electron chi connectivity index (χ0n) is 10.1. The van der Waals surface area contributed by atoms with Gasteiger partial charge < -0.3 is 15.6 Å². The number of nitrogens with one attached hydrogen (secondary N) is 1. The summed E-state index contributed by atoms with van der Waals surface area (Å²) < 4.78 is 5.28. The predicted octanol–water partition coefficient (Wildman–Crippen LogP) is -0.211. The molecular weight excluding hydrogens is 238 g/mol. The zero-order valence-corrected chi connectivity index (χ0v) is 10.1. The van der Waals surface area contributed by atoms with Crippen molar-refractivity contribution in [1.82, 2.24) is 10.3 Å². The number of ether oxygens (including phenoxy) is 1. The Bertz CT molecular complexity index is 460. The number of imide groups is 1. The lowest BCUT2D eigenvalue weighted by molar-refractivity contribution is -0.118. The Balaban J connectivity index is 2.93. The molecular formula is C11H15N3O4. The smallest absolute Gasteiger partial charge is 0.280 e. The van der Waals surface area contributed by atoms with Crippen LogP contribution in [0.4, 0.5) is 0 Å². The van der Waals surface area contributed by atoms with Gasteiger partial charge in [0, 0.05) is 6.07 Å². The SMILES string of the molecule is CC(C)Oc1ccc(O)c(C(=O)NC(=O)CN)n1. The van der Waals surface area contributed by atoms with Crippen LogP contribution in [-0.4, -0.2) is 34.6 Å². The number of aromatic nitrogens is 1. The summed E-state index contributed by atoms with van der Waals surface area (Å²) in [5.74, 6) is -1.63. The molecule has 2 amide bonds.